The van der Waals surface area contributed by atoms with E-state index < -0.39 is 11.7 Å². The molecule has 0 amide bonds. The molecule has 0 heterocycles. The third-order valence-corrected chi connectivity index (χ3v) is 3.34. The smallest absolute Gasteiger partial charge is 0.416 e. The predicted molar refractivity (Wildman–Crippen MR) is 91.9 cm³/mol. The Kier molecular flexibility index (Phi) is 9.12. The molecule has 0 aliphatic heterocycles. The van der Waals surface area contributed by atoms with E-state index in [-0.39, 0.29) is 17.9 Å². The number of rotatable bonds is 9. The molecular weight excluding hydrogens is 335 g/mol. The molecule has 0 saturated carbocycles. The van der Waals surface area contributed by atoms with Gasteiger partial charge in [-0.1, -0.05) is 6.07 Å². The monoisotopic (exact) mass is 361 g/mol. The van der Waals surface area contributed by atoms with Crippen molar-refractivity contribution in [2.45, 2.75) is 33.0 Å². The lowest BCUT2D eigenvalue weighted by atomic mass is 10.1. The van der Waals surface area contributed by atoms with Gasteiger partial charge in [0.1, 0.15) is 5.75 Å². The van der Waals surface area contributed by atoms with Crippen LogP contribution in [0.1, 0.15) is 31.4 Å². The van der Waals surface area contributed by atoms with Crippen molar-refractivity contribution in [3.63, 3.8) is 0 Å². The second kappa shape index (κ2) is 10.8. The molecule has 0 atom stereocenters. The summed E-state index contributed by atoms with van der Waals surface area (Å²) in [7, 11) is 1.34. The van der Waals surface area contributed by atoms with Crippen molar-refractivity contribution in [3.8, 4) is 5.75 Å². The largest absolute Gasteiger partial charge is 0.497 e. The average molecular weight is 361 g/mol. The first-order valence-electron chi connectivity index (χ1n) is 8.26. The Morgan fingerprint density at radius 2 is 1.96 bits per heavy atom. The van der Waals surface area contributed by atoms with E-state index in [1.54, 1.807) is 0 Å². The highest BCUT2D eigenvalue weighted by molar-refractivity contribution is 5.79. The Morgan fingerprint density at radius 3 is 2.56 bits per heavy atom. The van der Waals surface area contributed by atoms with Gasteiger partial charge in [0.2, 0.25) is 0 Å². The zero-order chi connectivity index (χ0) is 18.7. The minimum Gasteiger partial charge on any atom is -0.497 e. The number of benzene rings is 1. The molecule has 5 nitrogen and oxygen atoms in total. The van der Waals surface area contributed by atoms with E-state index >= 15 is 0 Å². The molecule has 0 fully saturated rings. The standard InChI is InChI=1S/C17H26F3N3O2/c1-4-21-16(22-9-6-10-25-5-2)23-12-13-7-8-14(24-3)11-15(13)17(18,19)20/h7-8,11H,4-6,9-10,12H2,1-3H3,(H2,21,22,23). The van der Waals surface area contributed by atoms with Gasteiger partial charge in [-0.05, 0) is 38.0 Å². The molecule has 2 N–H and O–H groups in total. The zero-order valence-electron chi connectivity index (χ0n) is 14.9. The van der Waals surface area contributed by atoms with Crippen molar-refractivity contribution in [1.29, 1.82) is 0 Å². The number of hydrogen-bond donors (Lipinski definition) is 2. The molecule has 8 heteroatoms. The lowest BCUT2D eigenvalue weighted by molar-refractivity contribution is -0.138. The van der Waals surface area contributed by atoms with Gasteiger partial charge < -0.3 is 20.1 Å². The Hall–Kier alpha value is -1.96. The molecule has 0 spiro atoms. The van der Waals surface area contributed by atoms with Crippen LogP contribution in [-0.4, -0.2) is 39.4 Å². The molecule has 0 saturated heterocycles. The molecule has 0 aliphatic carbocycles. The maximum atomic E-state index is 13.2. The van der Waals surface area contributed by atoms with Crippen LogP contribution in [-0.2, 0) is 17.5 Å². The van der Waals surface area contributed by atoms with Crippen LogP contribution in [0.15, 0.2) is 23.2 Å². The maximum absolute atomic E-state index is 13.2. The SMILES string of the molecule is CCNC(=NCc1ccc(OC)cc1C(F)(F)F)NCCCOCC. The maximum Gasteiger partial charge on any atom is 0.416 e. The Balaban J connectivity index is 2.80. The second-order valence-electron chi connectivity index (χ2n) is 5.19. The Labute approximate surface area is 146 Å². The fourth-order valence-corrected chi connectivity index (χ4v) is 2.12. The zero-order valence-corrected chi connectivity index (χ0v) is 14.9. The molecule has 1 aromatic carbocycles. The summed E-state index contributed by atoms with van der Waals surface area (Å²) in [6.07, 6.45) is -3.67. The third kappa shape index (κ3) is 7.64. The van der Waals surface area contributed by atoms with Gasteiger partial charge in [0.25, 0.3) is 0 Å². The van der Waals surface area contributed by atoms with Crippen LogP contribution < -0.4 is 15.4 Å². The van der Waals surface area contributed by atoms with Gasteiger partial charge in [0, 0.05) is 26.3 Å². The van der Waals surface area contributed by atoms with E-state index in [1.165, 1.54) is 19.2 Å². The second-order valence-corrected chi connectivity index (χ2v) is 5.19. The molecule has 1 aromatic rings. The van der Waals surface area contributed by atoms with Crippen LogP contribution in [0.5, 0.6) is 5.75 Å². The summed E-state index contributed by atoms with van der Waals surface area (Å²) >= 11 is 0. The first-order valence-corrected chi connectivity index (χ1v) is 8.26. The normalized spacial score (nSPS) is 12.2. The van der Waals surface area contributed by atoms with Crippen LogP contribution >= 0.6 is 0 Å². The lowest BCUT2D eigenvalue weighted by Crippen LogP contribution is -2.38. The first-order chi connectivity index (χ1) is 11.9. The minimum atomic E-state index is -4.46. The molecule has 142 valence electrons. The van der Waals surface area contributed by atoms with Crippen molar-refractivity contribution in [2.75, 3.05) is 33.4 Å². The average Bonchev–Trinajstić information content (AvgIpc) is 2.58. The lowest BCUT2D eigenvalue weighted by Gasteiger charge is -2.15. The van der Waals surface area contributed by atoms with Gasteiger partial charge in [0.15, 0.2) is 5.96 Å². The van der Waals surface area contributed by atoms with Gasteiger partial charge in [-0.25, -0.2) is 4.99 Å². The fraction of sp³-hybridized carbons (Fsp3) is 0.588. The minimum absolute atomic E-state index is 0.0837. The summed E-state index contributed by atoms with van der Waals surface area (Å²) in [5.41, 5.74) is -0.636. The van der Waals surface area contributed by atoms with Gasteiger partial charge in [0.05, 0.1) is 19.2 Å². The fourth-order valence-electron chi connectivity index (χ4n) is 2.12. The van der Waals surface area contributed by atoms with E-state index in [4.69, 9.17) is 9.47 Å². The number of halogens is 3. The summed E-state index contributed by atoms with van der Waals surface area (Å²) in [4.78, 5) is 4.24. The quantitative estimate of drug-likeness (QED) is 0.403. The highest BCUT2D eigenvalue weighted by Gasteiger charge is 2.33. The van der Waals surface area contributed by atoms with Crippen molar-refractivity contribution in [2.24, 2.45) is 4.99 Å². The number of alkyl halides is 3. The van der Waals surface area contributed by atoms with Crippen molar-refractivity contribution in [1.82, 2.24) is 10.6 Å². The number of nitrogens with one attached hydrogen (secondary N) is 2. The van der Waals surface area contributed by atoms with Gasteiger partial charge in [-0.2, -0.15) is 13.2 Å². The van der Waals surface area contributed by atoms with E-state index in [0.29, 0.717) is 32.3 Å². The number of nitrogens with zero attached hydrogens (tertiary/aromatic N) is 1. The van der Waals surface area contributed by atoms with Crippen LogP contribution in [0.2, 0.25) is 0 Å². The molecule has 0 bridgehead atoms. The van der Waals surface area contributed by atoms with E-state index in [2.05, 4.69) is 15.6 Å². The molecule has 0 aromatic heterocycles. The molecule has 0 unspecified atom stereocenters. The van der Waals surface area contributed by atoms with Gasteiger partial charge in [-0.15, -0.1) is 0 Å². The van der Waals surface area contributed by atoms with Gasteiger partial charge >= 0.3 is 6.18 Å². The Bertz CT molecular complexity index is 548. The van der Waals surface area contributed by atoms with E-state index in [1.807, 2.05) is 13.8 Å². The first kappa shape index (κ1) is 21.1. The van der Waals surface area contributed by atoms with Crippen LogP contribution in [0.4, 0.5) is 13.2 Å². The van der Waals surface area contributed by atoms with Crippen molar-refractivity contribution >= 4 is 5.96 Å². The van der Waals surface area contributed by atoms with E-state index in [0.717, 1.165) is 12.5 Å². The highest BCUT2D eigenvalue weighted by Crippen LogP contribution is 2.34. The number of guanidine groups is 1. The molecule has 0 radical (unpaired) electrons. The molecular formula is C17H26F3N3O2. The predicted octanol–water partition coefficient (Wildman–Crippen LogP) is 3.20. The van der Waals surface area contributed by atoms with E-state index in [9.17, 15) is 13.2 Å². The topological polar surface area (TPSA) is 54.9 Å². The molecule has 1 rings (SSSR count). The van der Waals surface area contributed by atoms with Crippen molar-refractivity contribution in [3.05, 3.63) is 29.3 Å². The summed E-state index contributed by atoms with van der Waals surface area (Å²) in [6, 6.07) is 3.89. The summed E-state index contributed by atoms with van der Waals surface area (Å²) in [6.45, 7) is 6.26. The van der Waals surface area contributed by atoms with Crippen LogP contribution in [0.3, 0.4) is 0 Å². The number of ether oxygens (including phenoxy) is 2. The molecule has 25 heavy (non-hydrogen) atoms. The number of methoxy groups -OCH3 is 1. The molecule has 0 aliphatic rings. The van der Waals surface area contributed by atoms with Crippen LogP contribution in [0, 0.1) is 0 Å². The van der Waals surface area contributed by atoms with Crippen molar-refractivity contribution < 1.29 is 22.6 Å². The summed E-state index contributed by atoms with van der Waals surface area (Å²) < 4.78 is 49.8. The van der Waals surface area contributed by atoms with Gasteiger partial charge in [-0.3, -0.25) is 0 Å². The van der Waals surface area contributed by atoms with Crippen LogP contribution in [0.25, 0.3) is 0 Å². The summed E-state index contributed by atoms with van der Waals surface area (Å²) in [5, 5.41) is 6.10. The summed E-state index contributed by atoms with van der Waals surface area (Å²) in [5.74, 6) is 0.643. The Morgan fingerprint density at radius 1 is 1.20 bits per heavy atom. The third-order valence-electron chi connectivity index (χ3n) is 3.34. The highest BCUT2D eigenvalue weighted by atomic mass is 19.4. The number of hydrogen-bond acceptors (Lipinski definition) is 3. The number of aliphatic imine (C=N–C) groups is 1.